The monoisotopic (exact) mass is 483 g/mol. The minimum absolute atomic E-state index is 0.0777. The van der Waals surface area contributed by atoms with Gasteiger partial charge < -0.3 is 9.80 Å². The Balaban J connectivity index is 1.28. The van der Waals surface area contributed by atoms with Crippen molar-refractivity contribution in [1.29, 1.82) is 0 Å². The molecule has 3 aromatic heterocycles. The number of piperazine rings is 1. The van der Waals surface area contributed by atoms with Gasteiger partial charge in [-0.05, 0) is 23.6 Å². The number of hydrogen-bond donors (Lipinski definition) is 0. The van der Waals surface area contributed by atoms with Crippen LogP contribution in [0.3, 0.4) is 0 Å². The average molecular weight is 484 g/mol. The number of hydrogen-bond acceptors (Lipinski definition) is 7. The Bertz CT molecular complexity index is 1300. The van der Waals surface area contributed by atoms with Gasteiger partial charge in [0, 0.05) is 42.5 Å². The molecule has 4 aromatic rings. The highest BCUT2D eigenvalue weighted by Gasteiger charge is 2.26. The lowest BCUT2D eigenvalue weighted by molar-refractivity contribution is 0.0742. The summed E-state index contributed by atoms with van der Waals surface area (Å²) in [5, 5.41) is 11.1. The maximum atomic E-state index is 12.9. The Morgan fingerprint density at radius 2 is 1.81 bits per heavy atom. The first-order chi connectivity index (χ1) is 15.6. The van der Waals surface area contributed by atoms with Gasteiger partial charge in [-0.2, -0.15) is 21.1 Å². The predicted molar refractivity (Wildman–Crippen MR) is 128 cm³/mol. The van der Waals surface area contributed by atoms with Crippen molar-refractivity contribution in [2.45, 2.75) is 0 Å². The fourth-order valence-corrected chi connectivity index (χ4v) is 5.36. The molecule has 1 fully saturated rings. The second-order valence-electron chi connectivity index (χ2n) is 7.23. The number of thiophene rings is 1. The van der Waals surface area contributed by atoms with Crippen molar-refractivity contribution in [3.63, 3.8) is 0 Å². The zero-order valence-electron chi connectivity index (χ0n) is 16.8. The number of aromatic nitrogens is 3. The van der Waals surface area contributed by atoms with E-state index in [4.69, 9.17) is 11.6 Å². The molecule has 0 aliphatic carbocycles. The van der Waals surface area contributed by atoms with Crippen molar-refractivity contribution in [3.05, 3.63) is 79.8 Å². The molecule has 0 spiro atoms. The second-order valence-corrected chi connectivity index (χ2v) is 9.24. The van der Waals surface area contributed by atoms with Crippen LogP contribution >= 0.6 is 34.3 Å². The summed E-state index contributed by atoms with van der Waals surface area (Å²) < 4.78 is 1.29. The summed E-state index contributed by atoms with van der Waals surface area (Å²) in [7, 11) is 0. The highest BCUT2D eigenvalue weighted by atomic mass is 35.5. The van der Waals surface area contributed by atoms with Gasteiger partial charge in [0.05, 0.1) is 17.6 Å². The molecule has 10 heteroatoms. The van der Waals surface area contributed by atoms with Crippen molar-refractivity contribution in [2.24, 2.45) is 0 Å². The van der Waals surface area contributed by atoms with Crippen LogP contribution in [-0.4, -0.2) is 51.8 Å². The largest absolute Gasteiger partial charge is 0.365 e. The number of benzene rings is 1. The van der Waals surface area contributed by atoms with Crippen LogP contribution in [0.4, 0.5) is 5.69 Å². The molecular formula is C22H18ClN5O2S2. The molecule has 0 radical (unpaired) electrons. The highest BCUT2D eigenvalue weighted by molar-refractivity contribution is 7.14. The Hall–Kier alpha value is -3.01. The third-order valence-corrected chi connectivity index (χ3v) is 7.23. The van der Waals surface area contributed by atoms with E-state index >= 15 is 0 Å². The zero-order valence-corrected chi connectivity index (χ0v) is 19.2. The van der Waals surface area contributed by atoms with Crippen molar-refractivity contribution in [2.75, 3.05) is 31.1 Å². The molecule has 0 unspecified atom stereocenters. The van der Waals surface area contributed by atoms with Crippen LogP contribution < -0.4 is 10.5 Å². The van der Waals surface area contributed by atoms with Gasteiger partial charge in [-0.25, -0.2) is 4.98 Å². The second kappa shape index (κ2) is 8.85. The molecule has 32 heavy (non-hydrogen) atoms. The molecular weight excluding hydrogens is 466 g/mol. The fourth-order valence-electron chi connectivity index (χ4n) is 3.60. The van der Waals surface area contributed by atoms with Crippen molar-refractivity contribution >= 4 is 45.9 Å². The lowest BCUT2D eigenvalue weighted by atomic mass is 10.2. The van der Waals surface area contributed by atoms with E-state index in [-0.39, 0.29) is 16.5 Å². The summed E-state index contributed by atoms with van der Waals surface area (Å²) >= 11 is 9.51. The summed E-state index contributed by atoms with van der Waals surface area (Å²) in [5.41, 5.74) is 2.39. The molecule has 5 rings (SSSR count). The number of carbonyl (C=O) groups excluding carboxylic acids is 1. The van der Waals surface area contributed by atoms with Crippen molar-refractivity contribution < 1.29 is 4.79 Å². The van der Waals surface area contributed by atoms with E-state index in [9.17, 15) is 9.59 Å². The van der Waals surface area contributed by atoms with E-state index in [0.29, 0.717) is 43.2 Å². The Kier molecular flexibility index (Phi) is 5.77. The SMILES string of the molecule is O=C(c1csc(-c2ccsc2)n1)N1CCN(c2cnn(-c3ccccc3)c(=O)c2Cl)CC1. The lowest BCUT2D eigenvalue weighted by Crippen LogP contribution is -2.49. The summed E-state index contributed by atoms with van der Waals surface area (Å²) in [6.45, 7) is 2.15. The highest BCUT2D eigenvalue weighted by Crippen LogP contribution is 2.27. The van der Waals surface area contributed by atoms with Crippen LogP contribution in [0.2, 0.25) is 5.02 Å². The molecule has 1 aromatic carbocycles. The maximum absolute atomic E-state index is 12.9. The first-order valence-corrected chi connectivity index (χ1v) is 12.2. The van der Waals surface area contributed by atoms with Gasteiger partial charge in [-0.3, -0.25) is 9.59 Å². The molecule has 1 aliphatic rings. The summed E-state index contributed by atoms with van der Waals surface area (Å²) in [5.74, 6) is -0.0777. The predicted octanol–water partition coefficient (Wildman–Crippen LogP) is 4.03. The van der Waals surface area contributed by atoms with E-state index in [2.05, 4.69) is 10.1 Å². The maximum Gasteiger partial charge on any atom is 0.292 e. The van der Waals surface area contributed by atoms with Crippen LogP contribution in [0.15, 0.2) is 63.5 Å². The average Bonchev–Trinajstić information content (AvgIpc) is 3.53. The molecule has 0 saturated carbocycles. The third-order valence-electron chi connectivity index (χ3n) is 5.30. The van der Waals surface area contributed by atoms with Gasteiger partial charge in [0.25, 0.3) is 11.5 Å². The minimum Gasteiger partial charge on any atom is -0.365 e. The summed E-state index contributed by atoms with van der Waals surface area (Å²) in [6.07, 6.45) is 1.61. The molecule has 0 N–H and O–H groups in total. The molecule has 7 nitrogen and oxygen atoms in total. The first kappa shape index (κ1) is 20.9. The van der Waals surface area contributed by atoms with Crippen LogP contribution in [0, 0.1) is 0 Å². The van der Waals surface area contributed by atoms with Gasteiger partial charge in [-0.15, -0.1) is 11.3 Å². The van der Waals surface area contributed by atoms with Gasteiger partial charge in [0.1, 0.15) is 15.7 Å². The smallest absolute Gasteiger partial charge is 0.292 e. The van der Waals surface area contributed by atoms with Gasteiger partial charge >= 0.3 is 0 Å². The molecule has 1 amide bonds. The van der Waals surface area contributed by atoms with E-state index in [1.807, 2.05) is 45.3 Å². The van der Waals surface area contributed by atoms with E-state index in [0.717, 1.165) is 10.6 Å². The topological polar surface area (TPSA) is 71.3 Å². The quantitative estimate of drug-likeness (QED) is 0.438. The number of amides is 1. The molecule has 1 aliphatic heterocycles. The number of para-hydroxylation sites is 1. The number of halogens is 1. The van der Waals surface area contributed by atoms with E-state index in [1.165, 1.54) is 16.0 Å². The van der Waals surface area contributed by atoms with Gasteiger partial charge in [0.2, 0.25) is 0 Å². The molecule has 1 saturated heterocycles. The lowest BCUT2D eigenvalue weighted by Gasteiger charge is -2.35. The Morgan fingerprint density at radius 3 is 2.53 bits per heavy atom. The normalized spacial score (nSPS) is 14.0. The first-order valence-electron chi connectivity index (χ1n) is 9.97. The third kappa shape index (κ3) is 3.94. The zero-order chi connectivity index (χ0) is 22.1. The Labute approximate surface area is 197 Å². The molecule has 162 valence electrons. The number of thiazole rings is 1. The van der Waals surface area contributed by atoms with Crippen LogP contribution in [0.25, 0.3) is 16.3 Å². The number of nitrogens with zero attached hydrogens (tertiary/aromatic N) is 5. The summed E-state index contributed by atoms with van der Waals surface area (Å²) in [6, 6.07) is 11.2. The van der Waals surface area contributed by atoms with Crippen LogP contribution in [0.1, 0.15) is 10.5 Å². The van der Waals surface area contributed by atoms with Crippen LogP contribution in [-0.2, 0) is 0 Å². The Morgan fingerprint density at radius 1 is 1.03 bits per heavy atom. The van der Waals surface area contributed by atoms with E-state index in [1.54, 1.807) is 34.6 Å². The number of rotatable bonds is 4. The molecule has 0 bridgehead atoms. The van der Waals surface area contributed by atoms with Crippen LogP contribution in [0.5, 0.6) is 0 Å². The minimum atomic E-state index is -0.364. The van der Waals surface area contributed by atoms with Crippen molar-refractivity contribution in [3.8, 4) is 16.3 Å². The fraction of sp³-hybridized carbons (Fsp3) is 0.182. The summed E-state index contributed by atoms with van der Waals surface area (Å²) in [4.78, 5) is 34.0. The number of anilines is 1. The van der Waals surface area contributed by atoms with E-state index < -0.39 is 0 Å². The molecule has 0 atom stereocenters. The van der Waals surface area contributed by atoms with Gasteiger partial charge in [-0.1, -0.05) is 29.8 Å². The standard InChI is InChI=1S/C22H18ClN5O2S2/c23-19-18(12-24-28(22(19)30)16-4-2-1-3-5-16)26-7-9-27(10-8-26)21(29)17-14-32-20(25-17)15-6-11-31-13-15/h1-6,11-14H,7-10H2. The number of carbonyl (C=O) groups is 1. The molecule has 4 heterocycles. The van der Waals surface area contributed by atoms with Gasteiger partial charge in [0.15, 0.2) is 0 Å². The van der Waals surface area contributed by atoms with Crippen molar-refractivity contribution in [1.82, 2.24) is 19.7 Å².